The van der Waals surface area contributed by atoms with E-state index in [0.717, 1.165) is 5.69 Å². The minimum absolute atomic E-state index is 0.0111. The predicted molar refractivity (Wildman–Crippen MR) is 62.6 cm³/mol. The summed E-state index contributed by atoms with van der Waals surface area (Å²) in [6.45, 7) is 4.14. The lowest BCUT2D eigenvalue weighted by molar-refractivity contribution is 0.417. The number of aromatic nitrogens is 3. The molecule has 2 rings (SSSR count). The maximum absolute atomic E-state index is 11.7. The number of H-pyrrole nitrogens is 1. The van der Waals surface area contributed by atoms with Crippen LogP contribution in [0.3, 0.4) is 0 Å². The van der Waals surface area contributed by atoms with E-state index in [1.54, 1.807) is 13.1 Å². The van der Waals surface area contributed by atoms with Gasteiger partial charge in [-0.2, -0.15) is 4.98 Å². The monoisotopic (exact) mass is 234 g/mol. The Hall–Kier alpha value is -1.95. The van der Waals surface area contributed by atoms with Gasteiger partial charge in [-0.15, -0.1) is 0 Å². The Morgan fingerprint density at radius 2 is 2.35 bits per heavy atom. The SMILES string of the molecule is Cc1cc(=O)c(-c2nc(C(C)CN)no2)c[nH]1. The molecule has 0 fully saturated rings. The third-order valence-electron chi connectivity index (χ3n) is 2.52. The van der Waals surface area contributed by atoms with E-state index >= 15 is 0 Å². The zero-order valence-electron chi connectivity index (χ0n) is 9.73. The fourth-order valence-electron chi connectivity index (χ4n) is 1.39. The molecule has 2 heterocycles. The highest BCUT2D eigenvalue weighted by Crippen LogP contribution is 2.16. The fraction of sp³-hybridized carbons (Fsp3) is 0.364. The van der Waals surface area contributed by atoms with Crippen molar-refractivity contribution in [3.8, 4) is 11.5 Å². The van der Waals surface area contributed by atoms with Crippen molar-refractivity contribution >= 4 is 0 Å². The Morgan fingerprint density at radius 1 is 1.59 bits per heavy atom. The van der Waals surface area contributed by atoms with Crippen LogP contribution in [0.1, 0.15) is 24.4 Å². The molecule has 3 N–H and O–H groups in total. The Labute approximate surface area is 97.9 Å². The van der Waals surface area contributed by atoms with Gasteiger partial charge in [0.15, 0.2) is 11.3 Å². The number of rotatable bonds is 3. The molecule has 0 aliphatic heterocycles. The standard InChI is InChI=1S/C11H14N4O2/c1-6(4-12)10-14-11(17-15-10)8-5-13-7(2)3-9(8)16/h3,5-6H,4,12H2,1-2H3,(H,13,16). The molecule has 0 amide bonds. The van der Waals surface area contributed by atoms with Crippen molar-refractivity contribution in [1.82, 2.24) is 15.1 Å². The summed E-state index contributed by atoms with van der Waals surface area (Å²) in [5, 5.41) is 3.81. The number of hydrogen-bond donors (Lipinski definition) is 2. The van der Waals surface area contributed by atoms with Crippen molar-refractivity contribution in [2.75, 3.05) is 6.54 Å². The van der Waals surface area contributed by atoms with E-state index in [9.17, 15) is 4.79 Å². The molecule has 6 nitrogen and oxygen atoms in total. The molecule has 0 aliphatic rings. The quantitative estimate of drug-likeness (QED) is 0.818. The molecule has 1 atom stereocenters. The van der Waals surface area contributed by atoms with E-state index in [0.29, 0.717) is 17.9 Å². The highest BCUT2D eigenvalue weighted by molar-refractivity contribution is 5.50. The van der Waals surface area contributed by atoms with Gasteiger partial charge in [-0.05, 0) is 6.92 Å². The molecular weight excluding hydrogens is 220 g/mol. The van der Waals surface area contributed by atoms with E-state index in [2.05, 4.69) is 15.1 Å². The maximum Gasteiger partial charge on any atom is 0.263 e. The summed E-state index contributed by atoms with van der Waals surface area (Å²) in [4.78, 5) is 18.8. The smallest absolute Gasteiger partial charge is 0.263 e. The van der Waals surface area contributed by atoms with Gasteiger partial charge < -0.3 is 15.2 Å². The van der Waals surface area contributed by atoms with Crippen LogP contribution in [-0.2, 0) is 0 Å². The van der Waals surface area contributed by atoms with E-state index in [1.165, 1.54) is 6.07 Å². The Balaban J connectivity index is 2.40. The lowest BCUT2D eigenvalue weighted by atomic mass is 10.2. The van der Waals surface area contributed by atoms with Gasteiger partial charge in [-0.25, -0.2) is 0 Å². The van der Waals surface area contributed by atoms with Crippen molar-refractivity contribution < 1.29 is 4.52 Å². The van der Waals surface area contributed by atoms with Crippen LogP contribution in [0.15, 0.2) is 21.6 Å². The second kappa shape index (κ2) is 4.50. The minimum atomic E-state index is -0.142. The number of aryl methyl sites for hydroxylation is 1. The summed E-state index contributed by atoms with van der Waals surface area (Å²) < 4.78 is 5.06. The molecule has 6 heteroatoms. The first-order chi connectivity index (χ1) is 8.11. The molecule has 0 aromatic carbocycles. The molecule has 2 aromatic heterocycles. The number of nitrogens with two attached hydrogens (primary N) is 1. The second-order valence-corrected chi connectivity index (χ2v) is 3.99. The lowest BCUT2D eigenvalue weighted by Gasteiger charge is -1.99. The van der Waals surface area contributed by atoms with Crippen LogP contribution in [0.5, 0.6) is 0 Å². The lowest BCUT2D eigenvalue weighted by Crippen LogP contribution is -2.10. The van der Waals surface area contributed by atoms with Crippen LogP contribution in [0.2, 0.25) is 0 Å². The molecule has 90 valence electrons. The molecule has 0 saturated carbocycles. The molecule has 2 aromatic rings. The highest BCUT2D eigenvalue weighted by Gasteiger charge is 2.15. The summed E-state index contributed by atoms with van der Waals surface area (Å²) in [6, 6.07) is 1.49. The first kappa shape index (κ1) is 11.5. The number of hydrogen-bond acceptors (Lipinski definition) is 5. The van der Waals surface area contributed by atoms with Gasteiger partial charge in [0.1, 0.15) is 5.56 Å². The number of aromatic amines is 1. The average molecular weight is 234 g/mol. The largest absolute Gasteiger partial charge is 0.364 e. The van der Waals surface area contributed by atoms with Crippen LogP contribution in [-0.4, -0.2) is 21.7 Å². The van der Waals surface area contributed by atoms with Crippen LogP contribution in [0.25, 0.3) is 11.5 Å². The van der Waals surface area contributed by atoms with Crippen molar-refractivity contribution in [2.24, 2.45) is 5.73 Å². The zero-order chi connectivity index (χ0) is 12.4. The van der Waals surface area contributed by atoms with Crippen LogP contribution >= 0.6 is 0 Å². The normalized spacial score (nSPS) is 12.6. The van der Waals surface area contributed by atoms with Crippen LogP contribution < -0.4 is 11.2 Å². The van der Waals surface area contributed by atoms with Crippen LogP contribution in [0.4, 0.5) is 0 Å². The van der Waals surface area contributed by atoms with E-state index in [-0.39, 0.29) is 17.2 Å². The number of nitrogens with one attached hydrogen (secondary N) is 1. The van der Waals surface area contributed by atoms with Crippen molar-refractivity contribution in [3.63, 3.8) is 0 Å². The minimum Gasteiger partial charge on any atom is -0.364 e. The van der Waals surface area contributed by atoms with Gasteiger partial charge in [-0.1, -0.05) is 12.1 Å². The van der Waals surface area contributed by atoms with E-state index in [1.807, 2.05) is 6.92 Å². The second-order valence-electron chi connectivity index (χ2n) is 3.99. The predicted octanol–water partition coefficient (Wildman–Crippen LogP) is 0.796. The first-order valence-electron chi connectivity index (χ1n) is 5.35. The molecule has 0 radical (unpaired) electrons. The Bertz CT molecular complexity index is 573. The first-order valence-corrected chi connectivity index (χ1v) is 5.35. The molecule has 1 unspecified atom stereocenters. The topological polar surface area (TPSA) is 97.8 Å². The van der Waals surface area contributed by atoms with Gasteiger partial charge >= 0.3 is 0 Å². The van der Waals surface area contributed by atoms with E-state index in [4.69, 9.17) is 10.3 Å². The summed E-state index contributed by atoms with van der Waals surface area (Å²) in [5.41, 5.74) is 6.53. The third-order valence-corrected chi connectivity index (χ3v) is 2.52. The van der Waals surface area contributed by atoms with Gasteiger partial charge in [-0.3, -0.25) is 4.79 Å². The Kier molecular flexibility index (Phi) is 3.06. The number of nitrogens with zero attached hydrogens (tertiary/aromatic N) is 2. The van der Waals surface area contributed by atoms with Crippen LogP contribution in [0, 0.1) is 6.92 Å². The van der Waals surface area contributed by atoms with Crippen molar-refractivity contribution in [3.05, 3.63) is 34.0 Å². The summed E-state index contributed by atoms with van der Waals surface area (Å²) in [5.74, 6) is 0.751. The third kappa shape index (κ3) is 2.26. The molecule has 17 heavy (non-hydrogen) atoms. The maximum atomic E-state index is 11.7. The van der Waals surface area contributed by atoms with Crippen molar-refractivity contribution in [1.29, 1.82) is 0 Å². The highest BCUT2D eigenvalue weighted by atomic mass is 16.5. The van der Waals surface area contributed by atoms with Gasteiger partial charge in [0.25, 0.3) is 5.89 Å². The molecule has 0 spiro atoms. The van der Waals surface area contributed by atoms with Gasteiger partial charge in [0.05, 0.1) is 0 Å². The summed E-state index contributed by atoms with van der Waals surface area (Å²) >= 11 is 0. The molecule has 0 saturated heterocycles. The van der Waals surface area contributed by atoms with E-state index < -0.39 is 0 Å². The molecule has 0 bridgehead atoms. The molecule has 0 aliphatic carbocycles. The van der Waals surface area contributed by atoms with Gasteiger partial charge in [0, 0.05) is 30.4 Å². The number of pyridine rings is 1. The summed E-state index contributed by atoms with van der Waals surface area (Å²) in [6.07, 6.45) is 1.57. The fourth-order valence-corrected chi connectivity index (χ4v) is 1.39. The molecular formula is C11H14N4O2. The van der Waals surface area contributed by atoms with Gasteiger partial charge in [0.2, 0.25) is 0 Å². The Morgan fingerprint density at radius 3 is 3.00 bits per heavy atom. The van der Waals surface area contributed by atoms with Crippen molar-refractivity contribution in [2.45, 2.75) is 19.8 Å². The average Bonchev–Trinajstić information content (AvgIpc) is 2.77. The summed E-state index contributed by atoms with van der Waals surface area (Å²) in [7, 11) is 0. The zero-order valence-corrected chi connectivity index (χ0v) is 9.73.